The van der Waals surface area contributed by atoms with Crippen molar-refractivity contribution >= 4 is 11.8 Å². The first-order chi connectivity index (χ1) is 8.25. The number of carbonyl (C=O) groups excluding carboxylic acids is 2. The molecule has 1 aromatic rings. The quantitative estimate of drug-likeness (QED) is 0.761. The molecule has 1 aromatic heterocycles. The van der Waals surface area contributed by atoms with Crippen LogP contribution >= 0.6 is 0 Å². The van der Waals surface area contributed by atoms with Crippen molar-refractivity contribution < 1.29 is 9.59 Å². The van der Waals surface area contributed by atoms with Gasteiger partial charge >= 0.3 is 0 Å². The van der Waals surface area contributed by atoms with Crippen LogP contribution in [0.4, 0.5) is 0 Å². The summed E-state index contributed by atoms with van der Waals surface area (Å²) in [6.45, 7) is 1.05. The molecule has 2 N–H and O–H groups in total. The highest BCUT2D eigenvalue weighted by Crippen LogP contribution is 2.08. The highest BCUT2D eigenvalue weighted by molar-refractivity contribution is 5.89. The lowest BCUT2D eigenvalue weighted by Gasteiger charge is -2.08. The highest BCUT2D eigenvalue weighted by atomic mass is 16.2. The molecule has 0 saturated carbocycles. The van der Waals surface area contributed by atoms with Crippen LogP contribution in [-0.2, 0) is 16.0 Å². The van der Waals surface area contributed by atoms with Crippen molar-refractivity contribution in [3.8, 4) is 0 Å². The van der Waals surface area contributed by atoms with E-state index in [1.165, 1.54) is 0 Å². The highest BCUT2D eigenvalue weighted by Gasteiger charge is 2.27. The number of rotatable bonds is 4. The lowest BCUT2D eigenvalue weighted by molar-refractivity contribution is -0.126. The minimum Gasteiger partial charge on any atom is -0.355 e. The molecule has 1 atom stereocenters. The lowest BCUT2D eigenvalue weighted by atomic mass is 10.1. The molecule has 1 saturated heterocycles. The van der Waals surface area contributed by atoms with Crippen molar-refractivity contribution in [2.24, 2.45) is 5.92 Å². The lowest BCUT2D eigenvalue weighted by Crippen LogP contribution is -2.33. The van der Waals surface area contributed by atoms with Crippen molar-refractivity contribution in [3.63, 3.8) is 0 Å². The third-order valence-electron chi connectivity index (χ3n) is 2.81. The zero-order chi connectivity index (χ0) is 12.1. The summed E-state index contributed by atoms with van der Waals surface area (Å²) in [6, 6.07) is 3.85. The van der Waals surface area contributed by atoms with E-state index in [-0.39, 0.29) is 17.7 Å². The molecule has 0 bridgehead atoms. The Hall–Kier alpha value is -1.91. The Morgan fingerprint density at radius 2 is 2.24 bits per heavy atom. The Bertz CT molecular complexity index is 405. The van der Waals surface area contributed by atoms with Crippen molar-refractivity contribution in [1.29, 1.82) is 0 Å². The molecule has 5 heteroatoms. The summed E-state index contributed by atoms with van der Waals surface area (Å²) in [5.74, 6) is -0.295. The van der Waals surface area contributed by atoms with Gasteiger partial charge in [-0.15, -0.1) is 0 Å². The Kier molecular flexibility index (Phi) is 3.69. The van der Waals surface area contributed by atoms with Crippen molar-refractivity contribution in [1.82, 2.24) is 15.6 Å². The van der Waals surface area contributed by atoms with Crippen LogP contribution in [0.2, 0.25) is 0 Å². The van der Waals surface area contributed by atoms with Gasteiger partial charge in [-0.25, -0.2) is 0 Å². The van der Waals surface area contributed by atoms with Gasteiger partial charge in [-0.05, 0) is 24.1 Å². The number of hydrogen-bond donors (Lipinski definition) is 2. The number of carbonyl (C=O) groups is 2. The summed E-state index contributed by atoms with van der Waals surface area (Å²) in [7, 11) is 0. The summed E-state index contributed by atoms with van der Waals surface area (Å²) in [5.41, 5.74) is 1.14. The Balaban J connectivity index is 1.72. The molecule has 1 aliphatic heterocycles. The normalized spacial score (nSPS) is 18.8. The monoisotopic (exact) mass is 233 g/mol. The molecule has 1 unspecified atom stereocenters. The van der Waals surface area contributed by atoms with Crippen LogP contribution in [0.1, 0.15) is 12.0 Å². The van der Waals surface area contributed by atoms with Crippen LogP contribution in [-0.4, -0.2) is 29.9 Å². The standard InChI is InChI=1S/C12H15N3O2/c16-11-7-10(8-15-11)12(17)14-6-3-9-1-4-13-5-2-9/h1-2,4-5,10H,3,6-8H2,(H,14,17)(H,15,16). The number of nitrogens with zero attached hydrogens (tertiary/aromatic N) is 1. The van der Waals surface area contributed by atoms with E-state index in [0.717, 1.165) is 12.0 Å². The van der Waals surface area contributed by atoms with Gasteiger partial charge in [-0.2, -0.15) is 0 Å². The maximum atomic E-state index is 11.7. The number of amides is 2. The smallest absolute Gasteiger partial charge is 0.225 e. The van der Waals surface area contributed by atoms with Crippen molar-refractivity contribution in [2.45, 2.75) is 12.8 Å². The number of aromatic nitrogens is 1. The molecule has 1 aliphatic rings. The molecule has 0 aliphatic carbocycles. The van der Waals surface area contributed by atoms with Crippen LogP contribution < -0.4 is 10.6 Å². The zero-order valence-corrected chi connectivity index (χ0v) is 9.48. The van der Waals surface area contributed by atoms with Gasteiger partial charge in [-0.1, -0.05) is 0 Å². The Morgan fingerprint density at radius 1 is 1.47 bits per heavy atom. The van der Waals surface area contributed by atoms with E-state index in [9.17, 15) is 9.59 Å². The molecule has 17 heavy (non-hydrogen) atoms. The topological polar surface area (TPSA) is 71.1 Å². The van der Waals surface area contributed by atoms with Gasteiger partial charge in [0.15, 0.2) is 0 Å². The van der Waals surface area contributed by atoms with Gasteiger partial charge in [0.25, 0.3) is 0 Å². The molecule has 2 heterocycles. The van der Waals surface area contributed by atoms with Gasteiger partial charge in [0.1, 0.15) is 0 Å². The van der Waals surface area contributed by atoms with E-state index >= 15 is 0 Å². The number of nitrogens with one attached hydrogen (secondary N) is 2. The first kappa shape index (κ1) is 11.6. The SMILES string of the molecule is O=C1CC(C(=O)NCCc2ccncc2)CN1. The molecule has 5 nitrogen and oxygen atoms in total. The second-order valence-electron chi connectivity index (χ2n) is 4.10. The Labute approximate surface area is 99.6 Å². The van der Waals surface area contributed by atoms with E-state index in [1.54, 1.807) is 12.4 Å². The molecule has 0 aromatic carbocycles. The summed E-state index contributed by atoms with van der Waals surface area (Å²) >= 11 is 0. The predicted octanol–water partition coefficient (Wildman–Crippen LogP) is -0.124. The minimum atomic E-state index is -0.208. The zero-order valence-electron chi connectivity index (χ0n) is 9.48. The number of pyridine rings is 1. The molecular weight excluding hydrogens is 218 g/mol. The molecule has 0 radical (unpaired) electrons. The first-order valence-corrected chi connectivity index (χ1v) is 5.69. The fraction of sp³-hybridized carbons (Fsp3) is 0.417. The summed E-state index contributed by atoms with van der Waals surface area (Å²) in [5, 5.41) is 5.49. The third kappa shape index (κ3) is 3.27. The van der Waals surface area contributed by atoms with Gasteiger partial charge in [0.2, 0.25) is 11.8 Å². The number of hydrogen-bond acceptors (Lipinski definition) is 3. The molecule has 0 spiro atoms. The molecule has 2 amide bonds. The van der Waals surface area contributed by atoms with Crippen LogP contribution in [0.5, 0.6) is 0 Å². The molecule has 2 rings (SSSR count). The first-order valence-electron chi connectivity index (χ1n) is 5.69. The second-order valence-corrected chi connectivity index (χ2v) is 4.10. The van der Waals surface area contributed by atoms with E-state index < -0.39 is 0 Å². The predicted molar refractivity (Wildman–Crippen MR) is 62.1 cm³/mol. The van der Waals surface area contributed by atoms with E-state index in [4.69, 9.17) is 0 Å². The molecule has 90 valence electrons. The fourth-order valence-electron chi connectivity index (χ4n) is 1.81. The largest absolute Gasteiger partial charge is 0.355 e. The van der Waals surface area contributed by atoms with Crippen LogP contribution in [0.25, 0.3) is 0 Å². The summed E-state index contributed by atoms with van der Waals surface area (Å²) in [4.78, 5) is 26.5. The van der Waals surface area contributed by atoms with Crippen LogP contribution in [0.3, 0.4) is 0 Å². The second kappa shape index (κ2) is 5.43. The van der Waals surface area contributed by atoms with E-state index in [1.807, 2.05) is 12.1 Å². The van der Waals surface area contributed by atoms with Gasteiger partial charge in [0, 0.05) is 31.9 Å². The minimum absolute atomic E-state index is 0.0423. The van der Waals surface area contributed by atoms with Crippen molar-refractivity contribution in [3.05, 3.63) is 30.1 Å². The average molecular weight is 233 g/mol. The fourth-order valence-corrected chi connectivity index (χ4v) is 1.81. The maximum Gasteiger partial charge on any atom is 0.225 e. The van der Waals surface area contributed by atoms with Crippen LogP contribution in [0.15, 0.2) is 24.5 Å². The average Bonchev–Trinajstić information content (AvgIpc) is 2.77. The maximum absolute atomic E-state index is 11.7. The molecule has 1 fully saturated rings. The Morgan fingerprint density at radius 3 is 2.88 bits per heavy atom. The van der Waals surface area contributed by atoms with Gasteiger partial charge in [0.05, 0.1) is 5.92 Å². The third-order valence-corrected chi connectivity index (χ3v) is 2.81. The van der Waals surface area contributed by atoms with Crippen LogP contribution in [0, 0.1) is 5.92 Å². The van der Waals surface area contributed by atoms with E-state index in [0.29, 0.717) is 19.5 Å². The summed E-state index contributed by atoms with van der Waals surface area (Å²) < 4.78 is 0. The van der Waals surface area contributed by atoms with Crippen molar-refractivity contribution in [2.75, 3.05) is 13.1 Å². The van der Waals surface area contributed by atoms with E-state index in [2.05, 4.69) is 15.6 Å². The molecular formula is C12H15N3O2. The van der Waals surface area contributed by atoms with Gasteiger partial charge < -0.3 is 10.6 Å². The van der Waals surface area contributed by atoms with Gasteiger partial charge in [-0.3, -0.25) is 14.6 Å². The summed E-state index contributed by atoms with van der Waals surface area (Å²) in [6.07, 6.45) is 4.55.